The lowest BCUT2D eigenvalue weighted by molar-refractivity contribution is 0.0728. The summed E-state index contributed by atoms with van der Waals surface area (Å²) in [6.45, 7) is 2.25. The van der Waals surface area contributed by atoms with Crippen molar-refractivity contribution < 1.29 is 5.11 Å². The molecule has 1 fully saturated rings. The summed E-state index contributed by atoms with van der Waals surface area (Å²) in [7, 11) is 0. The highest BCUT2D eigenvalue weighted by Gasteiger charge is 2.26. The van der Waals surface area contributed by atoms with E-state index in [9.17, 15) is 5.11 Å². The maximum Gasteiger partial charge on any atom is 0.0625 e. The lowest BCUT2D eigenvalue weighted by Gasteiger charge is -2.31. The molecule has 0 aliphatic heterocycles. The number of rotatable bonds is 5. The molecule has 1 aromatic rings. The van der Waals surface area contributed by atoms with E-state index in [4.69, 9.17) is 23.2 Å². The summed E-state index contributed by atoms with van der Waals surface area (Å²) in [5.41, 5.74) is 0.961. The fourth-order valence-corrected chi connectivity index (χ4v) is 3.77. The minimum Gasteiger partial charge on any atom is -0.392 e. The number of aliphatic hydroxyl groups is 1. The van der Waals surface area contributed by atoms with Gasteiger partial charge in [0.2, 0.25) is 0 Å². The molecule has 0 aromatic heterocycles. The van der Waals surface area contributed by atoms with Gasteiger partial charge in [-0.05, 0) is 36.3 Å². The molecule has 1 aliphatic carbocycles. The summed E-state index contributed by atoms with van der Waals surface area (Å²) < 4.78 is 0. The molecule has 3 heteroatoms. The fraction of sp³-hybridized carbons (Fsp3) is 0.647. The zero-order valence-electron chi connectivity index (χ0n) is 12.1. The van der Waals surface area contributed by atoms with Crippen LogP contribution in [0.15, 0.2) is 18.2 Å². The highest BCUT2D eigenvalue weighted by molar-refractivity contribution is 6.42. The molecule has 0 amide bonds. The van der Waals surface area contributed by atoms with Crippen LogP contribution < -0.4 is 0 Å². The third-order valence-electron chi connectivity index (χ3n) is 4.59. The van der Waals surface area contributed by atoms with Gasteiger partial charge >= 0.3 is 0 Å². The van der Waals surface area contributed by atoms with Crippen molar-refractivity contribution in [3.8, 4) is 0 Å². The lowest BCUT2D eigenvalue weighted by Crippen LogP contribution is -2.27. The van der Waals surface area contributed by atoms with Crippen molar-refractivity contribution >= 4 is 23.2 Å². The third kappa shape index (κ3) is 4.13. The van der Waals surface area contributed by atoms with Crippen LogP contribution in [0, 0.1) is 11.8 Å². The van der Waals surface area contributed by atoms with Crippen LogP contribution in [-0.2, 0) is 6.42 Å². The van der Waals surface area contributed by atoms with Gasteiger partial charge in [0.25, 0.3) is 0 Å². The highest BCUT2D eigenvalue weighted by atomic mass is 35.5. The van der Waals surface area contributed by atoms with Crippen LogP contribution >= 0.6 is 23.2 Å². The van der Waals surface area contributed by atoms with Crippen molar-refractivity contribution in [3.63, 3.8) is 0 Å². The second-order valence-electron chi connectivity index (χ2n) is 6.05. The van der Waals surface area contributed by atoms with E-state index < -0.39 is 0 Å². The summed E-state index contributed by atoms with van der Waals surface area (Å²) in [5, 5.41) is 11.6. The fourth-order valence-electron chi connectivity index (χ4n) is 3.37. The first kappa shape index (κ1) is 16.1. The lowest BCUT2D eigenvalue weighted by atomic mass is 9.77. The van der Waals surface area contributed by atoms with Crippen LogP contribution in [0.1, 0.15) is 51.0 Å². The molecule has 0 saturated heterocycles. The molecule has 1 N–H and O–H groups in total. The maximum atomic E-state index is 10.5. The second-order valence-corrected chi connectivity index (χ2v) is 6.84. The van der Waals surface area contributed by atoms with Crippen LogP contribution in [0.3, 0.4) is 0 Å². The van der Waals surface area contributed by atoms with E-state index in [1.807, 2.05) is 12.1 Å². The molecule has 0 heterocycles. The van der Waals surface area contributed by atoms with Crippen LogP contribution in [0.5, 0.6) is 0 Å². The summed E-state index contributed by atoms with van der Waals surface area (Å²) in [4.78, 5) is 0. The third-order valence-corrected chi connectivity index (χ3v) is 5.45. The smallest absolute Gasteiger partial charge is 0.0625 e. The second kappa shape index (κ2) is 7.68. The van der Waals surface area contributed by atoms with Crippen LogP contribution in [0.25, 0.3) is 0 Å². The van der Waals surface area contributed by atoms with E-state index in [0.29, 0.717) is 22.4 Å². The first-order valence-corrected chi connectivity index (χ1v) is 8.48. The number of hydrogen-bond acceptors (Lipinski definition) is 1. The zero-order valence-corrected chi connectivity index (χ0v) is 13.6. The molecule has 1 unspecified atom stereocenters. The Bertz CT molecular complexity index is 425. The molecular weight excluding hydrogens is 291 g/mol. The number of halogens is 2. The Labute approximate surface area is 132 Å². The van der Waals surface area contributed by atoms with Crippen molar-refractivity contribution in [2.75, 3.05) is 0 Å². The van der Waals surface area contributed by atoms with Crippen LogP contribution in [-0.4, -0.2) is 11.2 Å². The van der Waals surface area contributed by atoms with Gasteiger partial charge in [0.15, 0.2) is 0 Å². The largest absolute Gasteiger partial charge is 0.392 e. The molecule has 1 aliphatic rings. The number of hydrogen-bond donors (Lipinski definition) is 1. The van der Waals surface area contributed by atoms with E-state index in [1.165, 1.54) is 25.7 Å². The average Bonchev–Trinajstić information content (AvgIpc) is 2.45. The van der Waals surface area contributed by atoms with Crippen molar-refractivity contribution in [1.82, 2.24) is 0 Å². The summed E-state index contributed by atoms with van der Waals surface area (Å²) in [6.07, 6.45) is 7.74. The van der Waals surface area contributed by atoms with E-state index >= 15 is 0 Å². The molecule has 2 rings (SSSR count). The van der Waals surface area contributed by atoms with Crippen LogP contribution in [0.2, 0.25) is 10.0 Å². The van der Waals surface area contributed by atoms with Gasteiger partial charge in [0.1, 0.15) is 0 Å². The first-order valence-electron chi connectivity index (χ1n) is 7.72. The predicted octanol–water partition coefficient (Wildman–Crippen LogP) is 5.50. The quantitative estimate of drug-likeness (QED) is 0.760. The van der Waals surface area contributed by atoms with E-state index in [0.717, 1.165) is 24.3 Å². The van der Waals surface area contributed by atoms with Crippen molar-refractivity contribution in [2.45, 2.75) is 58.0 Å². The normalized spacial score (nSPS) is 24.6. The maximum absolute atomic E-state index is 10.5. The minimum absolute atomic E-state index is 0.298. The Morgan fingerprint density at radius 1 is 1.20 bits per heavy atom. The molecule has 20 heavy (non-hydrogen) atoms. The molecule has 1 atom stereocenters. The monoisotopic (exact) mass is 314 g/mol. The van der Waals surface area contributed by atoms with Gasteiger partial charge in [-0.25, -0.2) is 0 Å². The predicted molar refractivity (Wildman–Crippen MR) is 86.5 cm³/mol. The van der Waals surface area contributed by atoms with E-state index in [-0.39, 0.29) is 6.10 Å². The Kier molecular flexibility index (Phi) is 6.20. The number of benzene rings is 1. The summed E-state index contributed by atoms with van der Waals surface area (Å²) in [6, 6.07) is 5.64. The van der Waals surface area contributed by atoms with Gasteiger partial charge < -0.3 is 5.11 Å². The van der Waals surface area contributed by atoms with E-state index in [1.54, 1.807) is 6.07 Å². The van der Waals surface area contributed by atoms with Crippen molar-refractivity contribution in [2.24, 2.45) is 11.8 Å². The van der Waals surface area contributed by atoms with Gasteiger partial charge in [-0.2, -0.15) is 0 Å². The summed E-state index contributed by atoms with van der Waals surface area (Å²) in [5.74, 6) is 1.29. The molecule has 1 nitrogen and oxygen atoms in total. The zero-order chi connectivity index (χ0) is 14.5. The Morgan fingerprint density at radius 2 is 1.90 bits per heavy atom. The molecular formula is C17H24Cl2O. The van der Waals surface area contributed by atoms with Gasteiger partial charge in [-0.15, -0.1) is 0 Å². The minimum atomic E-state index is -0.298. The van der Waals surface area contributed by atoms with Crippen molar-refractivity contribution in [3.05, 3.63) is 33.8 Å². The molecule has 0 spiro atoms. The molecule has 1 saturated carbocycles. The van der Waals surface area contributed by atoms with Crippen LogP contribution in [0.4, 0.5) is 0 Å². The molecule has 112 valence electrons. The van der Waals surface area contributed by atoms with Gasteiger partial charge in [-0.3, -0.25) is 0 Å². The SMILES string of the molecule is CCCC1CCC(C(O)Cc2cccc(Cl)c2Cl)CC1. The highest BCUT2D eigenvalue weighted by Crippen LogP contribution is 2.35. The first-order chi connectivity index (χ1) is 9.61. The summed E-state index contributed by atoms with van der Waals surface area (Å²) >= 11 is 12.2. The number of aliphatic hydroxyl groups excluding tert-OH is 1. The van der Waals surface area contributed by atoms with Gasteiger partial charge in [0.05, 0.1) is 16.1 Å². The standard InChI is InChI=1S/C17H24Cl2O/c1-2-4-12-7-9-13(10-8-12)16(20)11-14-5-3-6-15(18)17(14)19/h3,5-6,12-13,16,20H,2,4,7-11H2,1H3. The molecule has 0 bridgehead atoms. The van der Waals surface area contributed by atoms with E-state index in [2.05, 4.69) is 6.92 Å². The Morgan fingerprint density at radius 3 is 2.55 bits per heavy atom. The Hall–Kier alpha value is -0.240. The molecule has 0 radical (unpaired) electrons. The Balaban J connectivity index is 1.89. The topological polar surface area (TPSA) is 20.2 Å². The molecule has 1 aromatic carbocycles. The van der Waals surface area contributed by atoms with Gasteiger partial charge in [-0.1, -0.05) is 67.9 Å². The van der Waals surface area contributed by atoms with Gasteiger partial charge in [0, 0.05) is 6.42 Å². The average molecular weight is 315 g/mol. The van der Waals surface area contributed by atoms with Crippen molar-refractivity contribution in [1.29, 1.82) is 0 Å².